The first kappa shape index (κ1) is 23.8. The summed E-state index contributed by atoms with van der Waals surface area (Å²) < 4.78 is 37.8. The quantitative estimate of drug-likeness (QED) is 0.367. The Bertz CT molecular complexity index is 1510. The average molecular weight is 507 g/mol. The molecule has 3 aromatic carbocycles. The lowest BCUT2D eigenvalue weighted by Crippen LogP contribution is -2.51. The van der Waals surface area contributed by atoms with Crippen LogP contribution in [0.2, 0.25) is 0 Å². The van der Waals surface area contributed by atoms with Crippen LogP contribution in [0.15, 0.2) is 42.5 Å². The molecule has 0 amide bonds. The second-order valence-corrected chi connectivity index (χ2v) is 10.6. The second kappa shape index (κ2) is 8.78. The zero-order valence-corrected chi connectivity index (χ0v) is 20.6. The fourth-order valence-electron chi connectivity index (χ4n) is 5.43. The van der Waals surface area contributed by atoms with Crippen molar-refractivity contribution >= 4 is 27.5 Å². The van der Waals surface area contributed by atoms with Crippen molar-refractivity contribution in [2.24, 2.45) is 0 Å². The molecule has 2 fully saturated rings. The van der Waals surface area contributed by atoms with E-state index in [1.807, 2.05) is 4.90 Å². The van der Waals surface area contributed by atoms with Gasteiger partial charge in [0.15, 0.2) is 5.82 Å². The fourth-order valence-corrected chi connectivity index (χ4v) is 5.43. The first-order valence-corrected chi connectivity index (χ1v) is 12.4. The molecule has 7 nitrogen and oxygen atoms in total. The summed E-state index contributed by atoms with van der Waals surface area (Å²) in [7, 11) is 0. The van der Waals surface area contributed by atoms with E-state index in [-0.39, 0.29) is 52.5 Å². The number of rotatable bonds is 5. The number of benzene rings is 3. The zero-order valence-electron chi connectivity index (χ0n) is 20.6. The van der Waals surface area contributed by atoms with E-state index in [0.29, 0.717) is 29.7 Å². The van der Waals surface area contributed by atoms with E-state index in [4.69, 9.17) is 4.74 Å². The molecular formula is C28H28F2N4O3. The first-order valence-electron chi connectivity index (χ1n) is 12.4. The number of aromatic nitrogens is 2. The zero-order chi connectivity index (χ0) is 25.9. The number of aliphatic hydroxyl groups is 1. The number of phenolic OH excluding ortho intramolecular Hbond substituents is 1. The lowest BCUT2D eigenvalue weighted by Gasteiger charge is -2.34. The van der Waals surface area contributed by atoms with Gasteiger partial charge in [0, 0.05) is 30.6 Å². The van der Waals surface area contributed by atoms with Crippen molar-refractivity contribution in [1.82, 2.24) is 15.3 Å². The molecule has 4 aromatic rings. The minimum Gasteiger partial charge on any atom is -0.508 e. The maximum absolute atomic E-state index is 16.3. The van der Waals surface area contributed by atoms with Crippen LogP contribution in [-0.2, 0) is 0 Å². The van der Waals surface area contributed by atoms with Gasteiger partial charge in [-0.25, -0.2) is 8.78 Å². The molecule has 0 spiro atoms. The Hall–Kier alpha value is -3.56. The van der Waals surface area contributed by atoms with Crippen LogP contribution in [0.5, 0.6) is 11.8 Å². The fraction of sp³-hybridized carbons (Fsp3) is 0.357. The highest BCUT2D eigenvalue weighted by molar-refractivity contribution is 6.01. The minimum absolute atomic E-state index is 0.0783. The Kier molecular flexibility index (Phi) is 5.65. The third-order valence-corrected chi connectivity index (χ3v) is 7.03. The lowest BCUT2D eigenvalue weighted by atomic mass is 9.95. The van der Waals surface area contributed by atoms with Gasteiger partial charge in [0.25, 0.3) is 0 Å². The van der Waals surface area contributed by atoms with Gasteiger partial charge in [0.2, 0.25) is 0 Å². The van der Waals surface area contributed by atoms with E-state index in [1.54, 1.807) is 44.2 Å². The van der Waals surface area contributed by atoms with E-state index >= 15 is 8.78 Å². The van der Waals surface area contributed by atoms with Crippen molar-refractivity contribution in [3.05, 3.63) is 54.1 Å². The van der Waals surface area contributed by atoms with E-state index < -0.39 is 17.2 Å². The molecule has 2 bridgehead atoms. The molecule has 2 unspecified atom stereocenters. The maximum atomic E-state index is 16.3. The topological polar surface area (TPSA) is 90.7 Å². The highest BCUT2D eigenvalue weighted by Crippen LogP contribution is 2.40. The summed E-state index contributed by atoms with van der Waals surface area (Å²) in [6.45, 7) is 4.37. The predicted octanol–water partition coefficient (Wildman–Crippen LogP) is 4.52. The number of phenols is 1. The number of aromatic hydroxyl groups is 1. The molecule has 192 valence electrons. The number of halogens is 2. The van der Waals surface area contributed by atoms with Crippen LogP contribution in [0.3, 0.4) is 0 Å². The molecule has 2 saturated heterocycles. The Morgan fingerprint density at radius 1 is 1.05 bits per heavy atom. The van der Waals surface area contributed by atoms with Crippen molar-refractivity contribution in [2.45, 2.75) is 44.4 Å². The SMILES string of the molecule is CC(C)(O)COc1nc(N2CC3CCC(C2)N3)c2cc(F)c(-c3cc(O)cc4ccccc34)c(F)c2n1. The average Bonchev–Trinajstić information content (AvgIpc) is 3.19. The van der Waals surface area contributed by atoms with Gasteiger partial charge in [-0.15, -0.1) is 0 Å². The van der Waals surface area contributed by atoms with Gasteiger partial charge >= 0.3 is 6.01 Å². The standard InChI is InChI=1S/C28H28F2N4O3/c1-28(2,36)14-37-27-32-25-21(26(33-27)34-12-16-7-8-17(13-34)31-16)11-22(29)23(24(25)30)20-10-18(35)9-15-5-3-4-6-19(15)20/h3-6,9-11,16-17,31,35-36H,7-8,12-14H2,1-2H3. The number of anilines is 1. The Labute approximate surface area is 212 Å². The third kappa shape index (κ3) is 4.42. The monoisotopic (exact) mass is 506 g/mol. The van der Waals surface area contributed by atoms with E-state index in [9.17, 15) is 10.2 Å². The minimum atomic E-state index is -1.15. The molecule has 9 heteroatoms. The molecule has 0 radical (unpaired) electrons. The number of nitrogens with one attached hydrogen (secondary N) is 1. The molecule has 37 heavy (non-hydrogen) atoms. The summed E-state index contributed by atoms with van der Waals surface area (Å²) in [6, 6.07) is 11.7. The van der Waals surface area contributed by atoms with Crippen LogP contribution in [-0.4, -0.2) is 57.6 Å². The largest absolute Gasteiger partial charge is 0.508 e. The van der Waals surface area contributed by atoms with Crippen LogP contribution in [0.25, 0.3) is 32.8 Å². The van der Waals surface area contributed by atoms with Gasteiger partial charge in [-0.3, -0.25) is 0 Å². The first-order chi connectivity index (χ1) is 17.7. The van der Waals surface area contributed by atoms with Crippen LogP contribution in [0.4, 0.5) is 14.6 Å². The van der Waals surface area contributed by atoms with Gasteiger partial charge in [0.05, 0.1) is 11.2 Å². The number of fused-ring (bicyclic) bond motifs is 4. The molecule has 2 aliphatic heterocycles. The molecule has 1 aromatic heterocycles. The molecular weight excluding hydrogens is 478 g/mol. The summed E-state index contributed by atoms with van der Waals surface area (Å²) in [5.41, 5.74) is -1.28. The summed E-state index contributed by atoms with van der Waals surface area (Å²) >= 11 is 0. The Morgan fingerprint density at radius 2 is 1.78 bits per heavy atom. The molecule has 2 atom stereocenters. The van der Waals surface area contributed by atoms with Crippen molar-refractivity contribution in [3.8, 4) is 22.9 Å². The Morgan fingerprint density at radius 3 is 2.51 bits per heavy atom. The Balaban J connectivity index is 1.56. The smallest absolute Gasteiger partial charge is 0.319 e. The third-order valence-electron chi connectivity index (χ3n) is 7.03. The van der Waals surface area contributed by atoms with Crippen molar-refractivity contribution in [1.29, 1.82) is 0 Å². The summed E-state index contributed by atoms with van der Waals surface area (Å²) in [6.07, 6.45) is 2.06. The molecule has 0 aliphatic carbocycles. The van der Waals surface area contributed by atoms with E-state index in [1.165, 1.54) is 12.1 Å². The number of nitrogens with zero attached hydrogens (tertiary/aromatic N) is 3. The summed E-state index contributed by atoms with van der Waals surface area (Å²) in [5, 5.41) is 25.5. The molecule has 3 heterocycles. The van der Waals surface area contributed by atoms with Crippen LogP contribution in [0.1, 0.15) is 26.7 Å². The summed E-state index contributed by atoms with van der Waals surface area (Å²) in [4.78, 5) is 10.9. The van der Waals surface area contributed by atoms with Crippen LogP contribution >= 0.6 is 0 Å². The molecule has 2 aliphatic rings. The lowest BCUT2D eigenvalue weighted by molar-refractivity contribution is 0.0251. The number of ether oxygens (including phenoxy) is 1. The van der Waals surface area contributed by atoms with Crippen LogP contribution in [0, 0.1) is 11.6 Å². The number of hydrogen-bond acceptors (Lipinski definition) is 7. The van der Waals surface area contributed by atoms with Crippen LogP contribution < -0.4 is 15.0 Å². The number of piperazine rings is 1. The van der Waals surface area contributed by atoms with Gasteiger partial charge in [-0.2, -0.15) is 9.97 Å². The van der Waals surface area contributed by atoms with Gasteiger partial charge in [-0.1, -0.05) is 24.3 Å². The summed E-state index contributed by atoms with van der Waals surface area (Å²) in [5.74, 6) is -1.32. The highest BCUT2D eigenvalue weighted by Gasteiger charge is 2.34. The van der Waals surface area contributed by atoms with Gasteiger partial charge in [-0.05, 0) is 61.2 Å². The second-order valence-electron chi connectivity index (χ2n) is 10.6. The van der Waals surface area contributed by atoms with Crippen molar-refractivity contribution in [2.75, 3.05) is 24.6 Å². The molecule has 3 N–H and O–H groups in total. The predicted molar refractivity (Wildman–Crippen MR) is 138 cm³/mol. The van der Waals surface area contributed by atoms with Crippen molar-refractivity contribution < 1.29 is 23.7 Å². The molecule has 6 rings (SSSR count). The number of hydrogen-bond donors (Lipinski definition) is 3. The molecule has 0 saturated carbocycles. The maximum Gasteiger partial charge on any atom is 0.319 e. The van der Waals surface area contributed by atoms with Gasteiger partial charge in [0.1, 0.15) is 29.5 Å². The van der Waals surface area contributed by atoms with E-state index in [0.717, 1.165) is 12.8 Å². The normalized spacial score (nSPS) is 19.6. The van der Waals surface area contributed by atoms with Gasteiger partial charge < -0.3 is 25.2 Å². The van der Waals surface area contributed by atoms with E-state index in [2.05, 4.69) is 15.3 Å². The highest BCUT2D eigenvalue weighted by atomic mass is 19.1. The van der Waals surface area contributed by atoms with Crippen molar-refractivity contribution in [3.63, 3.8) is 0 Å².